The Bertz CT molecular complexity index is 214. The van der Waals surface area contributed by atoms with Crippen molar-refractivity contribution in [1.29, 1.82) is 0 Å². The first kappa shape index (κ1) is 18.0. The molecule has 1 N–H and O–H groups in total. The molecular formula is C19H39N. The van der Waals surface area contributed by atoms with Crippen LogP contribution in [0.3, 0.4) is 0 Å². The van der Waals surface area contributed by atoms with E-state index in [0.29, 0.717) is 0 Å². The summed E-state index contributed by atoms with van der Waals surface area (Å²) < 4.78 is 0. The van der Waals surface area contributed by atoms with E-state index in [1.54, 1.807) is 0 Å². The fraction of sp³-hybridized carbons (Fsp3) is 1.00. The Hall–Kier alpha value is -0.0400. The van der Waals surface area contributed by atoms with Crippen LogP contribution in [0.1, 0.15) is 97.8 Å². The normalized spacial score (nSPS) is 24.8. The van der Waals surface area contributed by atoms with Crippen molar-refractivity contribution in [1.82, 2.24) is 5.32 Å². The highest BCUT2D eigenvalue weighted by atomic mass is 14.9. The molecular weight excluding hydrogens is 242 g/mol. The van der Waals surface area contributed by atoms with Crippen molar-refractivity contribution < 1.29 is 0 Å². The molecule has 0 aromatic heterocycles. The largest absolute Gasteiger partial charge is 0.314 e. The highest BCUT2D eigenvalue weighted by molar-refractivity contribution is 4.84. The van der Waals surface area contributed by atoms with E-state index in [1.807, 2.05) is 0 Å². The van der Waals surface area contributed by atoms with Gasteiger partial charge in [-0.3, -0.25) is 0 Å². The molecule has 1 aliphatic carbocycles. The summed E-state index contributed by atoms with van der Waals surface area (Å²) in [6.07, 6.45) is 17.1. The van der Waals surface area contributed by atoms with Crippen molar-refractivity contribution in [3.05, 3.63) is 0 Å². The van der Waals surface area contributed by atoms with Crippen molar-refractivity contribution in [3.63, 3.8) is 0 Å². The summed E-state index contributed by atoms with van der Waals surface area (Å²) in [6.45, 7) is 8.22. The van der Waals surface area contributed by atoms with Gasteiger partial charge in [0.2, 0.25) is 0 Å². The van der Waals surface area contributed by atoms with Crippen molar-refractivity contribution in [2.45, 2.75) is 104 Å². The van der Waals surface area contributed by atoms with E-state index in [1.165, 1.54) is 83.6 Å². The average molecular weight is 282 g/mol. The second-order valence-corrected chi connectivity index (χ2v) is 6.88. The predicted molar refractivity (Wildman–Crippen MR) is 91.2 cm³/mol. The van der Waals surface area contributed by atoms with Crippen LogP contribution in [0.5, 0.6) is 0 Å². The lowest BCUT2D eigenvalue weighted by molar-refractivity contribution is 0.167. The highest BCUT2D eigenvalue weighted by Gasteiger charge is 2.29. The fourth-order valence-electron chi connectivity index (χ4n) is 4.04. The Morgan fingerprint density at radius 1 is 0.900 bits per heavy atom. The Morgan fingerprint density at radius 3 is 2.35 bits per heavy atom. The smallest absolute Gasteiger partial charge is 0.00979 e. The molecule has 0 spiro atoms. The molecule has 0 amide bonds. The zero-order valence-electron chi connectivity index (χ0n) is 14.4. The minimum absolute atomic E-state index is 0.807. The third kappa shape index (κ3) is 6.61. The lowest BCUT2D eigenvalue weighted by atomic mass is 9.73. The van der Waals surface area contributed by atoms with E-state index in [4.69, 9.17) is 0 Å². The SMILES string of the molecule is CCCCCCCC(NCCC)C1CCCCC1CC. The van der Waals surface area contributed by atoms with Gasteiger partial charge in [0.25, 0.3) is 0 Å². The van der Waals surface area contributed by atoms with Crippen molar-refractivity contribution in [3.8, 4) is 0 Å². The van der Waals surface area contributed by atoms with Gasteiger partial charge in [0.1, 0.15) is 0 Å². The molecule has 0 heterocycles. The number of unbranched alkanes of at least 4 members (excludes halogenated alkanes) is 4. The highest BCUT2D eigenvalue weighted by Crippen LogP contribution is 2.35. The first-order valence-electron chi connectivity index (χ1n) is 9.56. The third-order valence-electron chi connectivity index (χ3n) is 5.28. The molecule has 0 aromatic rings. The van der Waals surface area contributed by atoms with Crippen LogP contribution in [0.25, 0.3) is 0 Å². The van der Waals surface area contributed by atoms with Gasteiger partial charge in [-0.25, -0.2) is 0 Å². The minimum Gasteiger partial charge on any atom is -0.314 e. The van der Waals surface area contributed by atoms with E-state index >= 15 is 0 Å². The first-order valence-corrected chi connectivity index (χ1v) is 9.56. The van der Waals surface area contributed by atoms with Crippen LogP contribution in [0, 0.1) is 11.8 Å². The van der Waals surface area contributed by atoms with E-state index in [-0.39, 0.29) is 0 Å². The summed E-state index contributed by atoms with van der Waals surface area (Å²) in [7, 11) is 0. The molecule has 1 nitrogen and oxygen atoms in total. The van der Waals surface area contributed by atoms with Crippen LogP contribution >= 0.6 is 0 Å². The summed E-state index contributed by atoms with van der Waals surface area (Å²) in [5.41, 5.74) is 0. The quantitative estimate of drug-likeness (QED) is 0.463. The molecule has 1 fully saturated rings. The molecule has 3 unspecified atom stereocenters. The van der Waals surface area contributed by atoms with Crippen LogP contribution in [-0.4, -0.2) is 12.6 Å². The lowest BCUT2D eigenvalue weighted by Crippen LogP contribution is -2.41. The molecule has 0 aromatic carbocycles. The molecule has 1 aliphatic rings. The molecule has 1 heteroatoms. The topological polar surface area (TPSA) is 12.0 Å². The molecule has 20 heavy (non-hydrogen) atoms. The van der Waals surface area contributed by atoms with Gasteiger partial charge < -0.3 is 5.32 Å². The molecule has 0 radical (unpaired) electrons. The van der Waals surface area contributed by atoms with Gasteiger partial charge in [0.05, 0.1) is 0 Å². The summed E-state index contributed by atoms with van der Waals surface area (Å²) >= 11 is 0. The number of hydrogen-bond donors (Lipinski definition) is 1. The van der Waals surface area contributed by atoms with Crippen LogP contribution in [-0.2, 0) is 0 Å². The van der Waals surface area contributed by atoms with Crippen molar-refractivity contribution in [2.75, 3.05) is 6.54 Å². The molecule has 120 valence electrons. The van der Waals surface area contributed by atoms with Crippen molar-refractivity contribution in [2.24, 2.45) is 11.8 Å². The summed E-state index contributed by atoms with van der Waals surface area (Å²) in [5.74, 6) is 1.96. The Morgan fingerprint density at radius 2 is 1.65 bits per heavy atom. The van der Waals surface area contributed by atoms with Crippen LogP contribution in [0.2, 0.25) is 0 Å². The van der Waals surface area contributed by atoms with E-state index in [9.17, 15) is 0 Å². The maximum absolute atomic E-state index is 3.89. The summed E-state index contributed by atoms with van der Waals surface area (Å²) in [4.78, 5) is 0. The van der Waals surface area contributed by atoms with Crippen molar-refractivity contribution >= 4 is 0 Å². The first-order chi connectivity index (χ1) is 9.83. The van der Waals surface area contributed by atoms with Crippen LogP contribution < -0.4 is 5.32 Å². The van der Waals surface area contributed by atoms with Gasteiger partial charge in [-0.2, -0.15) is 0 Å². The lowest BCUT2D eigenvalue weighted by Gasteiger charge is -2.37. The minimum atomic E-state index is 0.807. The molecule has 1 saturated carbocycles. The zero-order chi connectivity index (χ0) is 14.6. The Balaban J connectivity index is 2.40. The molecule has 3 atom stereocenters. The number of hydrogen-bond acceptors (Lipinski definition) is 1. The maximum atomic E-state index is 3.89. The maximum Gasteiger partial charge on any atom is 0.00979 e. The van der Waals surface area contributed by atoms with E-state index in [0.717, 1.165) is 17.9 Å². The van der Waals surface area contributed by atoms with Gasteiger partial charge in [-0.1, -0.05) is 78.6 Å². The zero-order valence-corrected chi connectivity index (χ0v) is 14.4. The van der Waals surface area contributed by atoms with Gasteiger partial charge in [-0.15, -0.1) is 0 Å². The average Bonchev–Trinajstić information content (AvgIpc) is 2.50. The number of nitrogens with one attached hydrogen (secondary N) is 1. The van der Waals surface area contributed by atoms with Gasteiger partial charge in [0, 0.05) is 6.04 Å². The van der Waals surface area contributed by atoms with Gasteiger partial charge >= 0.3 is 0 Å². The predicted octanol–water partition coefficient (Wildman–Crippen LogP) is 5.93. The van der Waals surface area contributed by atoms with E-state index < -0.39 is 0 Å². The van der Waals surface area contributed by atoms with Gasteiger partial charge in [-0.05, 0) is 37.6 Å². The second-order valence-electron chi connectivity index (χ2n) is 6.88. The summed E-state index contributed by atoms with van der Waals surface area (Å²) in [6, 6.07) is 0.807. The monoisotopic (exact) mass is 281 g/mol. The Kier molecular flexibility index (Phi) is 10.4. The molecule has 1 rings (SSSR count). The standard InChI is InChI=1S/C19H39N/c1-4-7-8-9-10-15-19(20-16-5-2)18-14-12-11-13-17(18)6-3/h17-20H,4-16H2,1-3H3. The van der Waals surface area contributed by atoms with E-state index in [2.05, 4.69) is 26.1 Å². The van der Waals surface area contributed by atoms with Crippen LogP contribution in [0.4, 0.5) is 0 Å². The molecule has 0 bridgehead atoms. The Labute approximate surface area is 128 Å². The molecule has 0 aliphatic heterocycles. The van der Waals surface area contributed by atoms with Crippen LogP contribution in [0.15, 0.2) is 0 Å². The number of rotatable bonds is 11. The summed E-state index contributed by atoms with van der Waals surface area (Å²) in [5, 5.41) is 3.89. The van der Waals surface area contributed by atoms with Gasteiger partial charge in [0.15, 0.2) is 0 Å². The second kappa shape index (κ2) is 11.6. The third-order valence-corrected chi connectivity index (χ3v) is 5.28. The molecule has 0 saturated heterocycles. The fourth-order valence-corrected chi connectivity index (χ4v) is 4.04.